The van der Waals surface area contributed by atoms with Crippen LogP contribution >= 0.6 is 23.2 Å². The molecule has 29 heavy (non-hydrogen) atoms. The molecule has 6 nitrogen and oxygen atoms in total. The van der Waals surface area contributed by atoms with Crippen molar-refractivity contribution < 1.29 is 19.1 Å². The van der Waals surface area contributed by atoms with Crippen molar-refractivity contribution in [1.82, 2.24) is 5.32 Å². The number of hydrogen-bond acceptors (Lipinski definition) is 4. The van der Waals surface area contributed by atoms with Crippen molar-refractivity contribution in [1.29, 1.82) is 0 Å². The van der Waals surface area contributed by atoms with E-state index in [4.69, 9.17) is 32.7 Å². The van der Waals surface area contributed by atoms with Gasteiger partial charge in [-0.1, -0.05) is 49.2 Å². The molecular formula is C21H22Cl2N2O4. The monoisotopic (exact) mass is 436 g/mol. The van der Waals surface area contributed by atoms with Gasteiger partial charge in [0.05, 0.1) is 34.5 Å². The van der Waals surface area contributed by atoms with E-state index in [0.29, 0.717) is 46.0 Å². The van der Waals surface area contributed by atoms with E-state index < -0.39 is 17.9 Å². The highest BCUT2D eigenvalue weighted by molar-refractivity contribution is 6.34. The molecule has 0 saturated heterocycles. The van der Waals surface area contributed by atoms with Crippen LogP contribution in [0, 0.1) is 5.92 Å². The van der Waals surface area contributed by atoms with Crippen molar-refractivity contribution in [3.05, 3.63) is 52.0 Å². The molecule has 0 spiro atoms. The number of carbonyl (C=O) groups excluding carboxylic acids is 2. The van der Waals surface area contributed by atoms with Gasteiger partial charge < -0.3 is 20.1 Å². The third kappa shape index (κ3) is 5.14. The minimum absolute atomic E-state index is 0.166. The van der Waals surface area contributed by atoms with Crippen LogP contribution in [0.15, 0.2) is 36.4 Å². The highest BCUT2D eigenvalue weighted by Crippen LogP contribution is 2.37. The first kappa shape index (κ1) is 21.3. The summed E-state index contributed by atoms with van der Waals surface area (Å²) in [5, 5.41) is 6.17. The van der Waals surface area contributed by atoms with Gasteiger partial charge in [0.1, 0.15) is 6.04 Å². The summed E-state index contributed by atoms with van der Waals surface area (Å²) < 4.78 is 11.2. The Labute approximate surface area is 179 Å². The Balaban J connectivity index is 1.77. The fourth-order valence-corrected chi connectivity index (χ4v) is 3.31. The second-order valence-electron chi connectivity index (χ2n) is 6.99. The lowest BCUT2D eigenvalue weighted by Gasteiger charge is -2.22. The first-order valence-corrected chi connectivity index (χ1v) is 10.1. The minimum Gasteiger partial charge on any atom is -0.490 e. The van der Waals surface area contributed by atoms with Crippen LogP contribution in [0.2, 0.25) is 10.0 Å². The van der Waals surface area contributed by atoms with E-state index in [9.17, 15) is 9.59 Å². The summed E-state index contributed by atoms with van der Waals surface area (Å²) >= 11 is 12.4. The van der Waals surface area contributed by atoms with E-state index in [1.54, 1.807) is 36.4 Å². The molecule has 0 fully saturated rings. The molecule has 1 aliphatic rings. The highest BCUT2D eigenvalue weighted by Gasteiger charge is 2.26. The molecule has 0 aliphatic carbocycles. The normalized spacial score (nSPS) is 14.1. The van der Waals surface area contributed by atoms with E-state index in [-0.39, 0.29) is 5.92 Å². The number of nitrogens with one attached hydrogen (secondary N) is 2. The number of fused-ring (bicyclic) bond motifs is 1. The minimum atomic E-state index is -0.786. The molecule has 8 heteroatoms. The van der Waals surface area contributed by atoms with E-state index in [2.05, 4.69) is 10.6 Å². The van der Waals surface area contributed by atoms with Gasteiger partial charge in [-0.3, -0.25) is 9.59 Å². The Morgan fingerprint density at radius 2 is 1.66 bits per heavy atom. The van der Waals surface area contributed by atoms with Crippen molar-refractivity contribution >= 4 is 40.7 Å². The fraction of sp³-hybridized carbons (Fsp3) is 0.333. The first-order valence-electron chi connectivity index (χ1n) is 9.32. The molecule has 2 N–H and O–H groups in total. The number of ether oxygens (including phenoxy) is 2. The number of amides is 2. The van der Waals surface area contributed by atoms with E-state index in [1.165, 1.54) is 0 Å². The van der Waals surface area contributed by atoms with Gasteiger partial charge in [-0.2, -0.15) is 0 Å². The third-order valence-electron chi connectivity index (χ3n) is 4.45. The van der Waals surface area contributed by atoms with Crippen LogP contribution in [0.3, 0.4) is 0 Å². The standard InChI is InChI=1S/C21H22Cl2N2O4/c1-12(2)19(25-20(26)13-6-3-4-7-14(13)22)21(27)24-16-11-18-17(10-15(16)23)28-8-5-9-29-18/h3-4,6-7,10-12,19H,5,8-9H2,1-2H3,(H,24,27)(H,25,26)/t19-/m0/s1. The van der Waals surface area contributed by atoms with Crippen LogP contribution in [0.25, 0.3) is 0 Å². The largest absolute Gasteiger partial charge is 0.490 e. The number of rotatable bonds is 5. The van der Waals surface area contributed by atoms with Crippen LogP contribution in [-0.4, -0.2) is 31.1 Å². The van der Waals surface area contributed by atoms with Gasteiger partial charge in [-0.05, 0) is 18.1 Å². The van der Waals surface area contributed by atoms with Crippen molar-refractivity contribution in [2.24, 2.45) is 5.92 Å². The molecule has 1 heterocycles. The Bertz CT molecular complexity index is 918. The summed E-state index contributed by atoms with van der Waals surface area (Å²) in [4.78, 5) is 25.5. The number of halogens is 2. The fourth-order valence-electron chi connectivity index (χ4n) is 2.89. The Hall–Kier alpha value is -2.44. The van der Waals surface area contributed by atoms with Gasteiger partial charge in [0, 0.05) is 18.6 Å². The van der Waals surface area contributed by atoms with Gasteiger partial charge in [0.25, 0.3) is 5.91 Å². The van der Waals surface area contributed by atoms with E-state index >= 15 is 0 Å². The molecule has 0 radical (unpaired) electrons. The SMILES string of the molecule is CC(C)[C@H](NC(=O)c1ccccc1Cl)C(=O)Nc1cc2c(cc1Cl)OCCCO2. The molecule has 3 rings (SSSR count). The topological polar surface area (TPSA) is 76.7 Å². The van der Waals surface area contributed by atoms with Gasteiger partial charge in [-0.25, -0.2) is 0 Å². The summed E-state index contributed by atoms with van der Waals surface area (Å²) in [6.45, 7) is 4.74. The molecule has 2 amide bonds. The van der Waals surface area contributed by atoms with Crippen LogP contribution in [0.4, 0.5) is 5.69 Å². The maximum atomic E-state index is 12.9. The zero-order valence-corrected chi connectivity index (χ0v) is 17.6. The summed E-state index contributed by atoms with van der Waals surface area (Å²) in [7, 11) is 0. The molecule has 2 aromatic carbocycles. The molecule has 0 bridgehead atoms. The van der Waals surface area contributed by atoms with E-state index in [0.717, 1.165) is 6.42 Å². The maximum Gasteiger partial charge on any atom is 0.253 e. The quantitative estimate of drug-likeness (QED) is 0.720. The van der Waals surface area contributed by atoms with Crippen LogP contribution < -0.4 is 20.1 Å². The van der Waals surface area contributed by atoms with Crippen molar-refractivity contribution in [2.75, 3.05) is 18.5 Å². The lowest BCUT2D eigenvalue weighted by Crippen LogP contribution is -2.47. The number of benzene rings is 2. The lowest BCUT2D eigenvalue weighted by molar-refractivity contribution is -0.118. The maximum absolute atomic E-state index is 12.9. The van der Waals surface area contributed by atoms with Crippen LogP contribution in [-0.2, 0) is 4.79 Å². The average molecular weight is 437 g/mol. The molecule has 1 atom stereocenters. The third-order valence-corrected chi connectivity index (χ3v) is 5.09. The molecule has 1 aliphatic heterocycles. The van der Waals surface area contributed by atoms with Crippen LogP contribution in [0.1, 0.15) is 30.6 Å². The number of hydrogen-bond donors (Lipinski definition) is 2. The summed E-state index contributed by atoms with van der Waals surface area (Å²) in [5.74, 6) is 0.0768. The smallest absolute Gasteiger partial charge is 0.253 e. The Morgan fingerprint density at radius 1 is 1.00 bits per heavy atom. The van der Waals surface area contributed by atoms with Gasteiger partial charge >= 0.3 is 0 Å². The second-order valence-corrected chi connectivity index (χ2v) is 7.81. The highest BCUT2D eigenvalue weighted by atomic mass is 35.5. The zero-order chi connectivity index (χ0) is 21.0. The molecule has 0 aromatic heterocycles. The predicted octanol–water partition coefficient (Wildman–Crippen LogP) is 4.55. The van der Waals surface area contributed by atoms with Gasteiger partial charge in [-0.15, -0.1) is 0 Å². The number of anilines is 1. The summed E-state index contributed by atoms with van der Waals surface area (Å²) in [6.07, 6.45) is 0.761. The second kappa shape index (κ2) is 9.37. The van der Waals surface area contributed by atoms with E-state index in [1.807, 2.05) is 13.8 Å². The first-order chi connectivity index (χ1) is 13.9. The molecule has 0 unspecified atom stereocenters. The van der Waals surface area contributed by atoms with Gasteiger partial charge in [0.2, 0.25) is 5.91 Å². The predicted molar refractivity (Wildman–Crippen MR) is 113 cm³/mol. The van der Waals surface area contributed by atoms with Crippen molar-refractivity contribution in [3.8, 4) is 11.5 Å². The van der Waals surface area contributed by atoms with Crippen LogP contribution in [0.5, 0.6) is 11.5 Å². The summed E-state index contributed by atoms with van der Waals surface area (Å²) in [6, 6.07) is 9.14. The summed E-state index contributed by atoms with van der Waals surface area (Å²) in [5.41, 5.74) is 0.694. The number of carbonyl (C=O) groups is 2. The van der Waals surface area contributed by atoms with Crippen molar-refractivity contribution in [3.63, 3.8) is 0 Å². The molecule has 0 saturated carbocycles. The van der Waals surface area contributed by atoms with Crippen molar-refractivity contribution in [2.45, 2.75) is 26.3 Å². The molecular weight excluding hydrogens is 415 g/mol. The zero-order valence-electron chi connectivity index (χ0n) is 16.1. The molecule has 154 valence electrons. The Morgan fingerprint density at radius 3 is 2.31 bits per heavy atom. The lowest BCUT2D eigenvalue weighted by atomic mass is 10.0. The van der Waals surface area contributed by atoms with Gasteiger partial charge in [0.15, 0.2) is 11.5 Å². The Kier molecular flexibility index (Phi) is 6.87. The molecule has 2 aromatic rings. The average Bonchev–Trinajstić information content (AvgIpc) is 2.91.